The first-order chi connectivity index (χ1) is 11.3. The fraction of sp³-hybridized carbons (Fsp3) is 0.588. The normalized spacial score (nSPS) is 22.2. The topological polar surface area (TPSA) is 57.9 Å². The summed E-state index contributed by atoms with van der Waals surface area (Å²) in [4.78, 5) is 6.59. The van der Waals surface area contributed by atoms with Gasteiger partial charge < -0.3 is 4.90 Å². The van der Waals surface area contributed by atoms with E-state index in [1.165, 1.54) is 24.7 Å². The average Bonchev–Trinajstić information content (AvgIpc) is 3.21. The summed E-state index contributed by atoms with van der Waals surface area (Å²) < 4.78 is 27.8. The molecule has 1 aliphatic carbocycles. The molecule has 1 saturated heterocycles. The maximum absolute atomic E-state index is 12.1. The van der Waals surface area contributed by atoms with Crippen LogP contribution in [0.3, 0.4) is 0 Å². The van der Waals surface area contributed by atoms with Gasteiger partial charge >= 0.3 is 0 Å². The van der Waals surface area contributed by atoms with Gasteiger partial charge in [-0.25, -0.2) is 13.4 Å². The molecule has 0 radical (unpaired) electrons. The highest BCUT2D eigenvalue weighted by molar-refractivity contribution is 7.88. The van der Waals surface area contributed by atoms with Crippen LogP contribution >= 0.6 is 0 Å². The SMILES string of the molecule is CC1(C)CN(c2cc(C3CC3)cc3cncn23)CCN1S(C)(=O)=O. The zero-order chi connectivity index (χ0) is 17.1. The highest BCUT2D eigenvalue weighted by atomic mass is 32.2. The number of piperazine rings is 1. The maximum atomic E-state index is 12.1. The fourth-order valence-corrected chi connectivity index (χ4v) is 5.25. The van der Waals surface area contributed by atoms with Crippen molar-refractivity contribution in [2.45, 2.75) is 38.1 Å². The molecule has 4 rings (SSSR count). The van der Waals surface area contributed by atoms with E-state index in [1.54, 1.807) is 4.31 Å². The first kappa shape index (κ1) is 15.9. The van der Waals surface area contributed by atoms with E-state index < -0.39 is 15.6 Å². The molecule has 24 heavy (non-hydrogen) atoms. The largest absolute Gasteiger partial charge is 0.354 e. The van der Waals surface area contributed by atoms with E-state index in [0.29, 0.717) is 25.6 Å². The molecule has 2 aromatic rings. The molecule has 0 bridgehead atoms. The van der Waals surface area contributed by atoms with Gasteiger partial charge in [0, 0.05) is 25.2 Å². The Morgan fingerprint density at radius 1 is 1.21 bits per heavy atom. The predicted octanol–water partition coefficient (Wildman–Crippen LogP) is 2.07. The zero-order valence-electron chi connectivity index (χ0n) is 14.4. The van der Waals surface area contributed by atoms with Crippen molar-refractivity contribution in [3.63, 3.8) is 0 Å². The van der Waals surface area contributed by atoms with Crippen molar-refractivity contribution >= 4 is 21.4 Å². The number of imidazole rings is 1. The molecule has 1 saturated carbocycles. The van der Waals surface area contributed by atoms with Crippen LogP contribution in [-0.2, 0) is 10.0 Å². The Kier molecular flexibility index (Phi) is 3.44. The van der Waals surface area contributed by atoms with Gasteiger partial charge in [0.25, 0.3) is 0 Å². The molecule has 7 heteroatoms. The monoisotopic (exact) mass is 348 g/mol. The Labute approximate surface area is 143 Å². The van der Waals surface area contributed by atoms with E-state index in [1.807, 2.05) is 26.4 Å². The van der Waals surface area contributed by atoms with Crippen molar-refractivity contribution in [2.75, 3.05) is 30.8 Å². The fourth-order valence-electron chi connectivity index (χ4n) is 3.88. The van der Waals surface area contributed by atoms with E-state index in [4.69, 9.17) is 0 Å². The number of hydrogen-bond donors (Lipinski definition) is 0. The first-order valence-electron chi connectivity index (χ1n) is 8.44. The molecule has 0 aromatic carbocycles. The minimum Gasteiger partial charge on any atom is -0.354 e. The van der Waals surface area contributed by atoms with Gasteiger partial charge in [-0.3, -0.25) is 4.40 Å². The lowest BCUT2D eigenvalue weighted by Crippen LogP contribution is -2.61. The third-order valence-electron chi connectivity index (χ3n) is 5.12. The van der Waals surface area contributed by atoms with E-state index in [9.17, 15) is 8.42 Å². The molecule has 2 aromatic heterocycles. The van der Waals surface area contributed by atoms with Crippen LogP contribution < -0.4 is 4.90 Å². The molecule has 0 amide bonds. The highest BCUT2D eigenvalue weighted by Gasteiger charge is 2.39. The van der Waals surface area contributed by atoms with Crippen LogP contribution in [0.15, 0.2) is 24.7 Å². The Morgan fingerprint density at radius 3 is 2.58 bits per heavy atom. The van der Waals surface area contributed by atoms with Crippen LogP contribution in [0.2, 0.25) is 0 Å². The number of sulfonamides is 1. The number of nitrogens with zero attached hydrogens (tertiary/aromatic N) is 4. The van der Waals surface area contributed by atoms with Crippen LogP contribution in [0, 0.1) is 0 Å². The van der Waals surface area contributed by atoms with Gasteiger partial charge in [-0.1, -0.05) is 0 Å². The van der Waals surface area contributed by atoms with Crippen LogP contribution in [0.4, 0.5) is 5.82 Å². The summed E-state index contributed by atoms with van der Waals surface area (Å²) >= 11 is 0. The Morgan fingerprint density at radius 2 is 1.96 bits per heavy atom. The van der Waals surface area contributed by atoms with Gasteiger partial charge in [0.15, 0.2) is 0 Å². The van der Waals surface area contributed by atoms with Crippen molar-refractivity contribution < 1.29 is 8.42 Å². The summed E-state index contributed by atoms with van der Waals surface area (Å²) in [6, 6.07) is 4.49. The molecule has 0 N–H and O–H groups in total. The minimum atomic E-state index is -3.19. The van der Waals surface area contributed by atoms with Crippen LogP contribution in [0.5, 0.6) is 0 Å². The average molecular weight is 348 g/mol. The Hall–Kier alpha value is -1.60. The number of pyridine rings is 1. The summed E-state index contributed by atoms with van der Waals surface area (Å²) in [6.07, 6.45) is 7.56. The Balaban J connectivity index is 1.72. The van der Waals surface area contributed by atoms with Crippen LogP contribution in [0.25, 0.3) is 5.52 Å². The smallest absolute Gasteiger partial charge is 0.211 e. The molecule has 130 valence electrons. The van der Waals surface area contributed by atoms with Crippen molar-refractivity contribution in [1.29, 1.82) is 0 Å². The molecule has 1 aliphatic heterocycles. The van der Waals surface area contributed by atoms with Crippen molar-refractivity contribution in [3.8, 4) is 0 Å². The third kappa shape index (κ3) is 2.69. The molecule has 6 nitrogen and oxygen atoms in total. The third-order valence-corrected chi connectivity index (χ3v) is 6.60. The summed E-state index contributed by atoms with van der Waals surface area (Å²) in [6.45, 7) is 5.86. The summed E-state index contributed by atoms with van der Waals surface area (Å²) in [5.41, 5.74) is 2.05. The lowest BCUT2D eigenvalue weighted by molar-refractivity contribution is 0.205. The molecular weight excluding hydrogens is 324 g/mol. The van der Waals surface area contributed by atoms with Gasteiger partial charge in [-0.05, 0) is 50.3 Å². The molecule has 0 spiro atoms. The number of anilines is 1. The molecule has 0 atom stereocenters. The second-order valence-corrected chi connectivity index (χ2v) is 9.59. The van der Waals surface area contributed by atoms with Gasteiger partial charge in [0.2, 0.25) is 10.0 Å². The second-order valence-electron chi connectivity index (χ2n) is 7.68. The molecule has 3 heterocycles. The maximum Gasteiger partial charge on any atom is 0.211 e. The molecular formula is C17H24N4O2S. The predicted molar refractivity (Wildman–Crippen MR) is 95.0 cm³/mol. The number of fused-ring (bicyclic) bond motifs is 1. The van der Waals surface area contributed by atoms with Gasteiger partial charge in [0.1, 0.15) is 12.1 Å². The van der Waals surface area contributed by atoms with Crippen molar-refractivity contribution in [2.24, 2.45) is 0 Å². The van der Waals surface area contributed by atoms with E-state index in [-0.39, 0.29) is 0 Å². The number of rotatable bonds is 3. The van der Waals surface area contributed by atoms with Crippen molar-refractivity contribution in [1.82, 2.24) is 13.7 Å². The second kappa shape index (κ2) is 5.20. The lowest BCUT2D eigenvalue weighted by Gasteiger charge is -2.46. The zero-order valence-corrected chi connectivity index (χ0v) is 15.3. The van der Waals surface area contributed by atoms with Crippen molar-refractivity contribution in [3.05, 3.63) is 30.2 Å². The molecule has 2 fully saturated rings. The highest BCUT2D eigenvalue weighted by Crippen LogP contribution is 2.42. The van der Waals surface area contributed by atoms with Gasteiger partial charge in [-0.2, -0.15) is 4.31 Å². The van der Waals surface area contributed by atoms with E-state index in [0.717, 1.165) is 11.3 Å². The summed E-state index contributed by atoms with van der Waals surface area (Å²) in [5.74, 6) is 1.79. The van der Waals surface area contributed by atoms with E-state index in [2.05, 4.69) is 26.4 Å². The van der Waals surface area contributed by atoms with Crippen LogP contribution in [0.1, 0.15) is 38.2 Å². The standard InChI is InChI=1S/C17H24N4O2S/c1-17(2)11-19(6-7-21(17)24(3,22)23)16-9-14(13-4-5-13)8-15-10-18-12-20(15)16/h8-10,12-13H,4-7,11H2,1-3H3. The summed E-state index contributed by atoms with van der Waals surface area (Å²) in [7, 11) is -3.19. The number of aromatic nitrogens is 2. The lowest BCUT2D eigenvalue weighted by atomic mass is 10.0. The quantitative estimate of drug-likeness (QED) is 0.852. The minimum absolute atomic E-state index is 0.436. The molecule has 2 aliphatic rings. The van der Waals surface area contributed by atoms with Gasteiger partial charge in [-0.15, -0.1) is 0 Å². The molecule has 0 unspecified atom stereocenters. The summed E-state index contributed by atoms with van der Waals surface area (Å²) in [5, 5.41) is 0. The van der Waals surface area contributed by atoms with Crippen LogP contribution in [-0.4, -0.2) is 53.5 Å². The Bertz CT molecular complexity index is 883. The first-order valence-corrected chi connectivity index (χ1v) is 10.3. The van der Waals surface area contributed by atoms with Gasteiger partial charge in [0.05, 0.1) is 18.0 Å². The van der Waals surface area contributed by atoms with E-state index >= 15 is 0 Å². The number of hydrogen-bond acceptors (Lipinski definition) is 4.